The number of halogens is 1. The maximum absolute atomic E-state index is 5.75. The van der Waals surface area contributed by atoms with Gasteiger partial charge in [-0.05, 0) is 23.3 Å². The van der Waals surface area contributed by atoms with Crippen molar-refractivity contribution in [2.24, 2.45) is 5.73 Å². The summed E-state index contributed by atoms with van der Waals surface area (Å²) in [6.07, 6.45) is 0. The van der Waals surface area contributed by atoms with E-state index in [1.54, 1.807) is 7.11 Å². The van der Waals surface area contributed by atoms with Crippen LogP contribution in [0.3, 0.4) is 0 Å². The van der Waals surface area contributed by atoms with Gasteiger partial charge in [0.15, 0.2) is 11.5 Å². The molecule has 0 radical (unpaired) electrons. The van der Waals surface area contributed by atoms with Crippen molar-refractivity contribution in [1.29, 1.82) is 0 Å². The molecule has 19 heavy (non-hydrogen) atoms. The number of hydrogen-bond donors (Lipinski definition) is 1. The molecule has 0 saturated heterocycles. The second kappa shape index (κ2) is 7.67. The quantitative estimate of drug-likeness (QED) is 0.819. The van der Waals surface area contributed by atoms with E-state index in [0.29, 0.717) is 18.9 Å². The Morgan fingerprint density at radius 3 is 2.32 bits per heavy atom. The Morgan fingerprint density at radius 2 is 1.68 bits per heavy atom. The van der Waals surface area contributed by atoms with Gasteiger partial charge in [-0.2, -0.15) is 0 Å². The van der Waals surface area contributed by atoms with Crippen molar-refractivity contribution in [3.8, 4) is 11.5 Å². The average Bonchev–Trinajstić information content (AvgIpc) is 2.46. The van der Waals surface area contributed by atoms with E-state index < -0.39 is 0 Å². The molecule has 0 bridgehead atoms. The monoisotopic (exact) mass is 278 g/mol. The molecule has 0 saturated carbocycles. The summed E-state index contributed by atoms with van der Waals surface area (Å²) in [6.45, 7) is 1.02. The first-order valence-electron chi connectivity index (χ1n) is 5.87. The van der Waals surface area contributed by atoms with Crippen molar-refractivity contribution in [3.05, 3.63) is 59.7 Å². The molecule has 0 amide bonds. The molecule has 0 aliphatic heterocycles. The Morgan fingerprint density at radius 1 is 0.947 bits per heavy atom. The Balaban J connectivity index is 0.00000180. The predicted molar refractivity (Wildman–Crippen MR) is 71.7 cm³/mol. The second-order valence-electron chi connectivity index (χ2n) is 3.96. The lowest BCUT2D eigenvalue weighted by atomic mass is 10.2. The summed E-state index contributed by atoms with van der Waals surface area (Å²) in [5, 5.41) is 0. The third kappa shape index (κ3) is 4.16. The fourth-order valence-electron chi connectivity index (χ4n) is 1.69. The highest BCUT2D eigenvalue weighted by molar-refractivity contribution is 5.43. The van der Waals surface area contributed by atoms with Crippen molar-refractivity contribution < 1.29 is 21.9 Å². The van der Waals surface area contributed by atoms with E-state index in [1.807, 2.05) is 48.5 Å². The SMILES string of the molecule is COc1cc(CN)ccc1OCc1ccccc1.[Cl-]. The molecule has 2 aromatic rings. The molecule has 0 heterocycles. The van der Waals surface area contributed by atoms with Crippen LogP contribution < -0.4 is 27.6 Å². The first-order valence-corrected chi connectivity index (χ1v) is 5.87. The molecule has 102 valence electrons. The molecule has 2 aromatic carbocycles. The topological polar surface area (TPSA) is 44.5 Å². The van der Waals surface area contributed by atoms with Crippen LogP contribution in [-0.2, 0) is 13.2 Å². The third-order valence-electron chi connectivity index (χ3n) is 2.70. The molecular weight excluding hydrogens is 262 g/mol. The van der Waals surface area contributed by atoms with Gasteiger partial charge in [0.05, 0.1) is 7.11 Å². The van der Waals surface area contributed by atoms with E-state index in [1.165, 1.54) is 0 Å². The maximum Gasteiger partial charge on any atom is 0.161 e. The van der Waals surface area contributed by atoms with Crippen LogP contribution in [0.4, 0.5) is 0 Å². The zero-order chi connectivity index (χ0) is 12.8. The summed E-state index contributed by atoms with van der Waals surface area (Å²) in [6, 6.07) is 15.8. The maximum atomic E-state index is 5.75. The summed E-state index contributed by atoms with van der Waals surface area (Å²) < 4.78 is 11.0. The van der Waals surface area contributed by atoms with Gasteiger partial charge in [-0.25, -0.2) is 0 Å². The van der Waals surface area contributed by atoms with Crippen LogP contribution >= 0.6 is 0 Å². The number of ether oxygens (including phenoxy) is 2. The second-order valence-corrected chi connectivity index (χ2v) is 3.96. The number of hydrogen-bond acceptors (Lipinski definition) is 3. The zero-order valence-electron chi connectivity index (χ0n) is 10.8. The van der Waals surface area contributed by atoms with Crippen molar-refractivity contribution in [3.63, 3.8) is 0 Å². The van der Waals surface area contributed by atoms with Gasteiger partial charge in [-0.15, -0.1) is 0 Å². The van der Waals surface area contributed by atoms with E-state index in [4.69, 9.17) is 15.2 Å². The predicted octanol–water partition coefficient (Wildman–Crippen LogP) is -0.263. The number of nitrogens with two attached hydrogens (primary N) is 1. The minimum Gasteiger partial charge on any atom is -1.00 e. The zero-order valence-corrected chi connectivity index (χ0v) is 11.6. The van der Waals surface area contributed by atoms with Crippen molar-refractivity contribution in [1.82, 2.24) is 0 Å². The van der Waals surface area contributed by atoms with Gasteiger partial charge >= 0.3 is 0 Å². The fraction of sp³-hybridized carbons (Fsp3) is 0.200. The van der Waals surface area contributed by atoms with Crippen molar-refractivity contribution in [2.75, 3.05) is 7.11 Å². The summed E-state index contributed by atoms with van der Waals surface area (Å²) in [4.78, 5) is 0. The normalized spacial score (nSPS) is 9.58. The highest BCUT2D eigenvalue weighted by Crippen LogP contribution is 2.28. The van der Waals surface area contributed by atoms with Gasteiger partial charge in [0, 0.05) is 6.54 Å². The van der Waals surface area contributed by atoms with E-state index in [-0.39, 0.29) is 12.4 Å². The molecule has 0 fully saturated rings. The Labute approximate surface area is 119 Å². The van der Waals surface area contributed by atoms with Gasteiger partial charge in [0.2, 0.25) is 0 Å². The molecular formula is C15H17ClNO2-. The van der Waals surface area contributed by atoms with Gasteiger partial charge in [0.1, 0.15) is 6.61 Å². The first kappa shape index (κ1) is 15.3. The van der Waals surface area contributed by atoms with Crippen LogP contribution in [0.5, 0.6) is 11.5 Å². The number of methoxy groups -OCH3 is 1. The number of rotatable bonds is 5. The minimum atomic E-state index is 0. The molecule has 2 N–H and O–H groups in total. The van der Waals surface area contributed by atoms with Crippen LogP contribution in [0, 0.1) is 0 Å². The van der Waals surface area contributed by atoms with E-state index in [2.05, 4.69) is 0 Å². The molecule has 0 aliphatic rings. The van der Waals surface area contributed by atoms with E-state index in [9.17, 15) is 0 Å². The van der Waals surface area contributed by atoms with Crippen LogP contribution in [0.2, 0.25) is 0 Å². The van der Waals surface area contributed by atoms with Gasteiger partial charge in [-0.3, -0.25) is 0 Å². The summed E-state index contributed by atoms with van der Waals surface area (Å²) in [7, 11) is 1.63. The molecule has 2 rings (SSSR count). The van der Waals surface area contributed by atoms with E-state index in [0.717, 1.165) is 16.9 Å². The lowest BCUT2D eigenvalue weighted by Gasteiger charge is -2.11. The summed E-state index contributed by atoms with van der Waals surface area (Å²) in [5.41, 5.74) is 7.75. The Bertz CT molecular complexity index is 503. The standard InChI is InChI=1S/C15H17NO2.ClH/c1-17-15-9-13(10-16)7-8-14(15)18-11-12-5-3-2-4-6-12;/h2-9H,10-11,16H2,1H3;1H/p-1. The van der Waals surface area contributed by atoms with Crippen LogP contribution in [0.25, 0.3) is 0 Å². The van der Waals surface area contributed by atoms with Gasteiger partial charge in [0.25, 0.3) is 0 Å². The van der Waals surface area contributed by atoms with Crippen LogP contribution in [0.1, 0.15) is 11.1 Å². The molecule has 0 spiro atoms. The molecule has 0 atom stereocenters. The third-order valence-corrected chi connectivity index (χ3v) is 2.70. The van der Waals surface area contributed by atoms with Gasteiger partial charge in [-0.1, -0.05) is 36.4 Å². The summed E-state index contributed by atoms with van der Waals surface area (Å²) >= 11 is 0. The minimum absolute atomic E-state index is 0. The molecule has 0 aliphatic carbocycles. The Kier molecular flexibility index (Phi) is 6.19. The van der Waals surface area contributed by atoms with Crippen molar-refractivity contribution in [2.45, 2.75) is 13.2 Å². The molecule has 4 heteroatoms. The lowest BCUT2D eigenvalue weighted by molar-refractivity contribution is -0.00000429. The fourth-order valence-corrected chi connectivity index (χ4v) is 1.69. The number of benzene rings is 2. The smallest absolute Gasteiger partial charge is 0.161 e. The van der Waals surface area contributed by atoms with Crippen LogP contribution in [0.15, 0.2) is 48.5 Å². The van der Waals surface area contributed by atoms with Gasteiger partial charge < -0.3 is 27.6 Å². The average molecular weight is 279 g/mol. The van der Waals surface area contributed by atoms with Crippen LogP contribution in [-0.4, -0.2) is 7.11 Å². The highest BCUT2D eigenvalue weighted by Gasteiger charge is 2.05. The highest BCUT2D eigenvalue weighted by atomic mass is 35.5. The van der Waals surface area contributed by atoms with Crippen molar-refractivity contribution >= 4 is 0 Å². The summed E-state index contributed by atoms with van der Waals surface area (Å²) in [5.74, 6) is 1.45. The Hall–Kier alpha value is -1.71. The first-order chi connectivity index (χ1) is 8.83. The molecule has 0 unspecified atom stereocenters. The van der Waals surface area contributed by atoms with E-state index >= 15 is 0 Å². The largest absolute Gasteiger partial charge is 1.00 e. The molecule has 0 aromatic heterocycles. The molecule has 3 nitrogen and oxygen atoms in total. The lowest BCUT2D eigenvalue weighted by Crippen LogP contribution is -3.00.